The summed E-state index contributed by atoms with van der Waals surface area (Å²) in [5, 5.41) is 3.70. The minimum Gasteiger partial charge on any atom is -0.328 e. The van der Waals surface area contributed by atoms with Gasteiger partial charge in [0.05, 0.1) is 0 Å². The first-order chi connectivity index (χ1) is 9.08. The molecule has 0 unspecified atom stereocenters. The average molecular weight is 260 g/mol. The molecule has 0 heterocycles. The molecule has 1 aromatic carbocycles. The Morgan fingerprint density at radius 3 is 2.42 bits per heavy atom. The molecule has 0 radical (unpaired) electrons. The van der Waals surface area contributed by atoms with Crippen LogP contribution >= 0.6 is 0 Å². The maximum atomic E-state index is 5.94. The highest BCUT2D eigenvalue weighted by Gasteiger charge is 2.17. The number of aryl methyl sites for hydroxylation is 1. The lowest BCUT2D eigenvalue weighted by molar-refractivity contribution is 0.344. The summed E-state index contributed by atoms with van der Waals surface area (Å²) in [6.45, 7) is 7.75. The number of nitrogens with one attached hydrogen (secondary N) is 1. The Kier molecular flexibility index (Phi) is 5.00. The highest BCUT2D eigenvalue weighted by atomic mass is 14.9. The highest BCUT2D eigenvalue weighted by molar-refractivity contribution is 5.38. The smallest absolute Gasteiger partial charge is 0.00683 e. The lowest BCUT2D eigenvalue weighted by Crippen LogP contribution is -2.38. The molecule has 0 aromatic heterocycles. The van der Waals surface area contributed by atoms with E-state index in [0.29, 0.717) is 12.1 Å². The van der Waals surface area contributed by atoms with Gasteiger partial charge in [0.1, 0.15) is 0 Å². The van der Waals surface area contributed by atoms with Crippen molar-refractivity contribution in [2.24, 2.45) is 5.73 Å². The zero-order chi connectivity index (χ0) is 13.8. The van der Waals surface area contributed by atoms with Crippen LogP contribution in [0, 0.1) is 20.8 Å². The van der Waals surface area contributed by atoms with Crippen LogP contribution in [0.4, 0.5) is 0 Å². The van der Waals surface area contributed by atoms with Crippen molar-refractivity contribution in [3.63, 3.8) is 0 Å². The summed E-state index contributed by atoms with van der Waals surface area (Å²) in [5.41, 5.74) is 11.7. The van der Waals surface area contributed by atoms with Crippen LogP contribution in [0.15, 0.2) is 12.1 Å². The van der Waals surface area contributed by atoms with Gasteiger partial charge in [-0.2, -0.15) is 0 Å². The lowest BCUT2D eigenvalue weighted by Gasteiger charge is -2.27. The summed E-state index contributed by atoms with van der Waals surface area (Å²) in [7, 11) is 0. The SMILES string of the molecule is Cc1ccc(CCNC2CCC(N)CC2)c(C)c1C. The molecule has 1 fully saturated rings. The summed E-state index contributed by atoms with van der Waals surface area (Å²) in [5.74, 6) is 0. The van der Waals surface area contributed by atoms with Crippen LogP contribution in [-0.4, -0.2) is 18.6 Å². The Hall–Kier alpha value is -0.860. The fourth-order valence-corrected chi connectivity index (χ4v) is 3.02. The molecular weight excluding hydrogens is 232 g/mol. The van der Waals surface area contributed by atoms with E-state index in [0.717, 1.165) is 13.0 Å². The molecule has 0 bridgehead atoms. The molecule has 0 spiro atoms. The Morgan fingerprint density at radius 1 is 1.05 bits per heavy atom. The minimum atomic E-state index is 0.444. The maximum Gasteiger partial charge on any atom is 0.00683 e. The molecule has 106 valence electrons. The van der Waals surface area contributed by atoms with E-state index >= 15 is 0 Å². The summed E-state index contributed by atoms with van der Waals surface area (Å²) in [6.07, 6.45) is 5.98. The molecule has 0 amide bonds. The van der Waals surface area contributed by atoms with Crippen molar-refractivity contribution >= 4 is 0 Å². The first kappa shape index (κ1) is 14.5. The van der Waals surface area contributed by atoms with Crippen LogP contribution in [0.1, 0.15) is 47.9 Å². The number of hydrogen-bond donors (Lipinski definition) is 2. The molecule has 2 heteroatoms. The molecule has 1 saturated carbocycles. The van der Waals surface area contributed by atoms with Crippen molar-refractivity contribution in [3.8, 4) is 0 Å². The Balaban J connectivity index is 1.81. The van der Waals surface area contributed by atoms with E-state index in [1.165, 1.54) is 47.9 Å². The van der Waals surface area contributed by atoms with Gasteiger partial charge >= 0.3 is 0 Å². The van der Waals surface area contributed by atoms with Gasteiger partial charge in [-0.3, -0.25) is 0 Å². The van der Waals surface area contributed by atoms with Crippen LogP contribution in [-0.2, 0) is 6.42 Å². The first-order valence-electron chi connectivity index (χ1n) is 7.62. The van der Waals surface area contributed by atoms with Crippen LogP contribution in [0.25, 0.3) is 0 Å². The maximum absolute atomic E-state index is 5.94. The Labute approximate surface area is 117 Å². The van der Waals surface area contributed by atoms with E-state index in [9.17, 15) is 0 Å². The average Bonchev–Trinajstić information content (AvgIpc) is 2.41. The standard InChI is InChI=1S/C17H28N2/c1-12-4-5-15(14(3)13(12)2)10-11-19-17-8-6-16(18)7-9-17/h4-5,16-17,19H,6-11,18H2,1-3H3. The molecule has 0 aliphatic heterocycles. The molecule has 3 N–H and O–H groups in total. The van der Waals surface area contributed by atoms with Gasteiger partial charge in [0.2, 0.25) is 0 Å². The van der Waals surface area contributed by atoms with Gasteiger partial charge in [-0.25, -0.2) is 0 Å². The van der Waals surface area contributed by atoms with Crippen LogP contribution in [0.5, 0.6) is 0 Å². The molecular formula is C17H28N2. The Morgan fingerprint density at radius 2 is 1.74 bits per heavy atom. The second-order valence-electron chi connectivity index (χ2n) is 6.11. The third-order valence-electron chi connectivity index (χ3n) is 4.77. The topological polar surface area (TPSA) is 38.0 Å². The first-order valence-corrected chi connectivity index (χ1v) is 7.62. The molecule has 2 rings (SSSR count). The van der Waals surface area contributed by atoms with Crippen LogP contribution in [0.2, 0.25) is 0 Å². The van der Waals surface area contributed by atoms with E-state index < -0.39 is 0 Å². The zero-order valence-corrected chi connectivity index (χ0v) is 12.6. The van der Waals surface area contributed by atoms with Gasteiger partial charge in [0.25, 0.3) is 0 Å². The second-order valence-corrected chi connectivity index (χ2v) is 6.11. The molecule has 1 aromatic rings. The van der Waals surface area contributed by atoms with Crippen molar-refractivity contribution in [1.29, 1.82) is 0 Å². The van der Waals surface area contributed by atoms with Gasteiger partial charge in [0, 0.05) is 12.1 Å². The van der Waals surface area contributed by atoms with E-state index in [2.05, 4.69) is 38.2 Å². The molecule has 2 nitrogen and oxygen atoms in total. The molecule has 19 heavy (non-hydrogen) atoms. The van der Waals surface area contributed by atoms with Gasteiger partial charge in [-0.15, -0.1) is 0 Å². The third kappa shape index (κ3) is 3.80. The second kappa shape index (κ2) is 6.53. The van der Waals surface area contributed by atoms with Crippen LogP contribution < -0.4 is 11.1 Å². The van der Waals surface area contributed by atoms with E-state index in [1.54, 1.807) is 0 Å². The van der Waals surface area contributed by atoms with Crippen molar-refractivity contribution in [2.45, 2.75) is 65.0 Å². The monoisotopic (exact) mass is 260 g/mol. The fraction of sp³-hybridized carbons (Fsp3) is 0.647. The van der Waals surface area contributed by atoms with Gasteiger partial charge in [-0.1, -0.05) is 12.1 Å². The number of hydrogen-bond acceptors (Lipinski definition) is 2. The van der Waals surface area contributed by atoms with Crippen LogP contribution in [0.3, 0.4) is 0 Å². The van der Waals surface area contributed by atoms with Crippen molar-refractivity contribution in [1.82, 2.24) is 5.32 Å². The number of nitrogens with two attached hydrogens (primary N) is 1. The largest absolute Gasteiger partial charge is 0.328 e. The Bertz CT molecular complexity index is 418. The van der Waals surface area contributed by atoms with Gasteiger partial charge in [0.15, 0.2) is 0 Å². The quantitative estimate of drug-likeness (QED) is 0.873. The normalized spacial score (nSPS) is 23.6. The predicted octanol–water partition coefficient (Wildman–Crippen LogP) is 3.01. The van der Waals surface area contributed by atoms with E-state index in [4.69, 9.17) is 5.73 Å². The minimum absolute atomic E-state index is 0.444. The van der Waals surface area contributed by atoms with Gasteiger partial charge in [-0.05, 0) is 81.7 Å². The number of rotatable bonds is 4. The molecule has 0 saturated heterocycles. The highest BCUT2D eigenvalue weighted by Crippen LogP contribution is 2.19. The fourth-order valence-electron chi connectivity index (χ4n) is 3.02. The van der Waals surface area contributed by atoms with E-state index in [-0.39, 0.29) is 0 Å². The number of benzene rings is 1. The third-order valence-corrected chi connectivity index (χ3v) is 4.77. The zero-order valence-electron chi connectivity index (χ0n) is 12.6. The molecule has 1 aliphatic carbocycles. The van der Waals surface area contributed by atoms with Crippen molar-refractivity contribution in [2.75, 3.05) is 6.54 Å². The summed E-state index contributed by atoms with van der Waals surface area (Å²) in [4.78, 5) is 0. The predicted molar refractivity (Wildman–Crippen MR) is 82.6 cm³/mol. The summed E-state index contributed by atoms with van der Waals surface area (Å²) >= 11 is 0. The molecule has 0 atom stereocenters. The van der Waals surface area contributed by atoms with E-state index in [1.807, 2.05) is 0 Å². The van der Waals surface area contributed by atoms with Crippen molar-refractivity contribution in [3.05, 3.63) is 34.4 Å². The lowest BCUT2D eigenvalue weighted by atomic mass is 9.91. The molecule has 1 aliphatic rings. The van der Waals surface area contributed by atoms with Gasteiger partial charge < -0.3 is 11.1 Å². The van der Waals surface area contributed by atoms with Crippen molar-refractivity contribution < 1.29 is 0 Å². The summed E-state index contributed by atoms with van der Waals surface area (Å²) < 4.78 is 0. The summed E-state index contributed by atoms with van der Waals surface area (Å²) in [6, 6.07) is 5.67.